The van der Waals surface area contributed by atoms with Gasteiger partial charge in [0.05, 0.1) is 18.2 Å². The third kappa shape index (κ3) is 4.62. The lowest BCUT2D eigenvalue weighted by Crippen LogP contribution is -2.64. The minimum Gasteiger partial charge on any atom is -0.495 e. The number of amides is 2. The highest BCUT2D eigenvalue weighted by Gasteiger charge is 2.37. The minimum atomic E-state index is 0.0406. The Hall–Kier alpha value is -4.61. The number of ether oxygens (including phenoxy) is 1. The molecule has 3 heterocycles. The van der Waals surface area contributed by atoms with Crippen LogP contribution in [-0.2, 0) is 0 Å². The topological polar surface area (TPSA) is 81.8 Å². The largest absolute Gasteiger partial charge is 0.495 e. The van der Waals surface area contributed by atoms with Crippen LogP contribution >= 0.6 is 0 Å². The van der Waals surface area contributed by atoms with Crippen molar-refractivity contribution in [2.24, 2.45) is 0 Å². The molecule has 0 aliphatic carbocycles. The first-order valence-electron chi connectivity index (χ1n) is 13.1. The molecule has 8 heteroatoms. The van der Waals surface area contributed by atoms with Crippen LogP contribution in [0.4, 0.5) is 0 Å². The van der Waals surface area contributed by atoms with E-state index in [0.29, 0.717) is 49.1 Å². The Kier molecular flexibility index (Phi) is 6.51. The maximum atomic E-state index is 13.2. The molecular weight excluding hydrogens is 490 g/mol. The standard InChI is InChI=1S/C31H29N5O3/c1-39-29-18-26(9-7-25(29)19-32)36-12-11-23-17-24(8-10-28(23)36)31(38)35-20-27(21-35)33-13-15-34(16-14-33)30(37)22-5-3-2-4-6-22/h2-12,17-18,27H,13-16,20-21H2,1H3. The lowest BCUT2D eigenvalue weighted by Gasteiger charge is -2.48. The van der Waals surface area contributed by atoms with Crippen LogP contribution in [0.2, 0.25) is 0 Å². The second-order valence-electron chi connectivity index (χ2n) is 10.0. The summed E-state index contributed by atoms with van der Waals surface area (Å²) in [6, 6.07) is 25.2. The number of methoxy groups -OCH3 is 1. The second kappa shape index (κ2) is 10.3. The molecule has 39 heavy (non-hydrogen) atoms. The maximum absolute atomic E-state index is 13.2. The fourth-order valence-electron chi connectivity index (χ4n) is 5.51. The Morgan fingerprint density at radius 1 is 0.846 bits per heavy atom. The molecule has 2 amide bonds. The zero-order valence-corrected chi connectivity index (χ0v) is 21.8. The highest BCUT2D eigenvalue weighted by molar-refractivity contribution is 5.99. The van der Waals surface area contributed by atoms with Crippen LogP contribution in [0.25, 0.3) is 16.6 Å². The van der Waals surface area contributed by atoms with Gasteiger partial charge in [-0.1, -0.05) is 18.2 Å². The summed E-state index contributed by atoms with van der Waals surface area (Å²) in [6.45, 7) is 4.47. The van der Waals surface area contributed by atoms with Gasteiger partial charge in [0, 0.05) is 79.8 Å². The van der Waals surface area contributed by atoms with Gasteiger partial charge >= 0.3 is 0 Å². The van der Waals surface area contributed by atoms with Gasteiger partial charge in [0.15, 0.2) is 0 Å². The van der Waals surface area contributed by atoms with Crippen molar-refractivity contribution >= 4 is 22.7 Å². The van der Waals surface area contributed by atoms with Crippen molar-refractivity contribution in [3.8, 4) is 17.5 Å². The Morgan fingerprint density at radius 2 is 1.59 bits per heavy atom. The van der Waals surface area contributed by atoms with E-state index in [4.69, 9.17) is 4.74 Å². The van der Waals surface area contributed by atoms with E-state index >= 15 is 0 Å². The molecule has 0 radical (unpaired) electrons. The number of hydrogen-bond donors (Lipinski definition) is 0. The van der Waals surface area contributed by atoms with Crippen LogP contribution < -0.4 is 4.74 Å². The number of rotatable bonds is 5. The number of piperazine rings is 1. The SMILES string of the molecule is COc1cc(-n2ccc3cc(C(=O)N4CC(N5CCN(C(=O)c6ccccc6)CC5)C4)ccc32)ccc1C#N. The van der Waals surface area contributed by atoms with Crippen LogP contribution in [0.15, 0.2) is 79.0 Å². The number of fused-ring (bicyclic) bond motifs is 1. The number of likely N-dealkylation sites (tertiary alicyclic amines) is 1. The highest BCUT2D eigenvalue weighted by Crippen LogP contribution is 2.27. The molecule has 0 atom stereocenters. The third-order valence-corrected chi connectivity index (χ3v) is 7.81. The molecule has 8 nitrogen and oxygen atoms in total. The van der Waals surface area contributed by atoms with E-state index in [1.807, 2.05) is 87.3 Å². The van der Waals surface area contributed by atoms with Gasteiger partial charge in [0.1, 0.15) is 11.8 Å². The zero-order valence-electron chi connectivity index (χ0n) is 21.8. The van der Waals surface area contributed by atoms with Gasteiger partial charge in [-0.25, -0.2) is 0 Å². The van der Waals surface area contributed by atoms with Crippen LogP contribution in [0, 0.1) is 11.3 Å². The summed E-state index contributed by atoms with van der Waals surface area (Å²) in [6.07, 6.45) is 1.96. The quantitative estimate of drug-likeness (QED) is 0.401. The molecule has 0 N–H and O–H groups in total. The molecule has 0 spiro atoms. The van der Waals surface area contributed by atoms with Crippen molar-refractivity contribution in [2.75, 3.05) is 46.4 Å². The van der Waals surface area contributed by atoms with Crippen LogP contribution in [0.5, 0.6) is 5.75 Å². The predicted molar refractivity (Wildman–Crippen MR) is 148 cm³/mol. The number of carbonyl (C=O) groups excluding carboxylic acids is 2. The molecule has 0 bridgehead atoms. The number of carbonyl (C=O) groups is 2. The molecule has 0 unspecified atom stereocenters. The van der Waals surface area contributed by atoms with E-state index < -0.39 is 0 Å². The van der Waals surface area contributed by atoms with E-state index in [-0.39, 0.29) is 11.8 Å². The lowest BCUT2D eigenvalue weighted by atomic mass is 10.0. The van der Waals surface area contributed by atoms with E-state index in [2.05, 4.69) is 11.0 Å². The van der Waals surface area contributed by atoms with Gasteiger partial charge in [-0.3, -0.25) is 14.5 Å². The predicted octanol–water partition coefficient (Wildman–Crippen LogP) is 3.79. The second-order valence-corrected chi connectivity index (χ2v) is 10.0. The van der Waals surface area contributed by atoms with E-state index in [1.165, 1.54) is 0 Å². The fourth-order valence-corrected chi connectivity index (χ4v) is 5.51. The van der Waals surface area contributed by atoms with Crippen LogP contribution in [-0.4, -0.2) is 83.5 Å². The highest BCUT2D eigenvalue weighted by atomic mass is 16.5. The number of aromatic nitrogens is 1. The Labute approximate surface area is 227 Å². The maximum Gasteiger partial charge on any atom is 0.253 e. The summed E-state index contributed by atoms with van der Waals surface area (Å²) in [5.74, 6) is 0.655. The monoisotopic (exact) mass is 519 g/mol. The summed E-state index contributed by atoms with van der Waals surface area (Å²) in [4.78, 5) is 32.2. The van der Waals surface area contributed by atoms with Crippen molar-refractivity contribution in [1.82, 2.24) is 19.3 Å². The molecular formula is C31H29N5O3. The van der Waals surface area contributed by atoms with Gasteiger partial charge in [0.2, 0.25) is 0 Å². The van der Waals surface area contributed by atoms with Gasteiger partial charge in [-0.15, -0.1) is 0 Å². The van der Waals surface area contributed by atoms with Crippen molar-refractivity contribution in [2.45, 2.75) is 6.04 Å². The van der Waals surface area contributed by atoms with Crippen molar-refractivity contribution in [1.29, 1.82) is 5.26 Å². The zero-order chi connectivity index (χ0) is 26.9. The first-order chi connectivity index (χ1) is 19.1. The molecule has 196 valence electrons. The van der Waals surface area contributed by atoms with Crippen molar-refractivity contribution in [3.63, 3.8) is 0 Å². The van der Waals surface area contributed by atoms with E-state index in [0.717, 1.165) is 35.2 Å². The Bertz CT molecular complexity index is 1580. The van der Waals surface area contributed by atoms with Crippen LogP contribution in [0.3, 0.4) is 0 Å². The van der Waals surface area contributed by atoms with Crippen LogP contribution in [0.1, 0.15) is 26.3 Å². The van der Waals surface area contributed by atoms with E-state index in [9.17, 15) is 14.9 Å². The molecule has 1 aromatic heterocycles. The molecule has 6 rings (SSSR count). The van der Waals surface area contributed by atoms with Gasteiger partial charge in [0.25, 0.3) is 11.8 Å². The van der Waals surface area contributed by atoms with E-state index in [1.54, 1.807) is 13.2 Å². The smallest absolute Gasteiger partial charge is 0.253 e. The molecule has 2 fully saturated rings. The lowest BCUT2D eigenvalue weighted by molar-refractivity contribution is 0.00854. The van der Waals surface area contributed by atoms with Gasteiger partial charge in [-0.05, 0) is 48.5 Å². The molecule has 2 aliphatic rings. The average Bonchev–Trinajstić information content (AvgIpc) is 3.40. The molecule has 0 saturated carbocycles. The molecule has 4 aromatic rings. The third-order valence-electron chi connectivity index (χ3n) is 7.81. The summed E-state index contributed by atoms with van der Waals surface area (Å²) >= 11 is 0. The van der Waals surface area contributed by atoms with Gasteiger partial charge < -0.3 is 19.1 Å². The first kappa shape index (κ1) is 24.7. The fraction of sp³-hybridized carbons (Fsp3) is 0.258. The number of nitriles is 1. The molecule has 2 saturated heterocycles. The Morgan fingerprint density at radius 3 is 2.31 bits per heavy atom. The number of nitrogens with zero attached hydrogens (tertiary/aromatic N) is 5. The first-order valence-corrected chi connectivity index (χ1v) is 13.1. The van der Waals surface area contributed by atoms with Gasteiger partial charge in [-0.2, -0.15) is 5.26 Å². The summed E-state index contributed by atoms with van der Waals surface area (Å²) < 4.78 is 7.39. The summed E-state index contributed by atoms with van der Waals surface area (Å²) in [5.41, 5.74) is 3.75. The normalized spacial score (nSPS) is 16.1. The van der Waals surface area contributed by atoms with Crippen molar-refractivity contribution in [3.05, 3.63) is 95.7 Å². The number of benzene rings is 3. The van der Waals surface area contributed by atoms with Crippen molar-refractivity contribution < 1.29 is 14.3 Å². The summed E-state index contributed by atoms with van der Waals surface area (Å²) in [5, 5.41) is 10.2. The minimum absolute atomic E-state index is 0.0406. The Balaban J connectivity index is 1.07. The number of hydrogen-bond acceptors (Lipinski definition) is 5. The molecule has 3 aromatic carbocycles. The average molecular weight is 520 g/mol. The summed E-state index contributed by atoms with van der Waals surface area (Å²) in [7, 11) is 1.55. The molecule has 2 aliphatic heterocycles.